The topological polar surface area (TPSA) is 94.2 Å². The Bertz CT molecular complexity index is 951. The molecule has 3 heterocycles. The van der Waals surface area contributed by atoms with E-state index in [0.717, 1.165) is 18.5 Å². The monoisotopic (exact) mass is 375 g/mol. The number of amides is 1. The van der Waals surface area contributed by atoms with Crippen LogP contribution in [0.3, 0.4) is 0 Å². The summed E-state index contributed by atoms with van der Waals surface area (Å²) in [6.07, 6.45) is 6.50. The predicted octanol–water partition coefficient (Wildman–Crippen LogP) is 2.64. The molecule has 0 bridgehead atoms. The first-order chi connectivity index (χ1) is 13.7. The normalized spacial score (nSPS) is 19.4. The van der Waals surface area contributed by atoms with Crippen molar-refractivity contribution in [3.8, 4) is 11.8 Å². The summed E-state index contributed by atoms with van der Waals surface area (Å²) in [7, 11) is 0. The van der Waals surface area contributed by atoms with Gasteiger partial charge in [-0.05, 0) is 55.3 Å². The highest BCUT2D eigenvalue weighted by Gasteiger charge is 2.48. The van der Waals surface area contributed by atoms with E-state index in [1.54, 1.807) is 24.7 Å². The van der Waals surface area contributed by atoms with Crippen molar-refractivity contribution in [2.24, 2.45) is 5.73 Å². The third-order valence-corrected chi connectivity index (χ3v) is 5.03. The number of hydrogen-bond acceptors (Lipinski definition) is 6. The third-order valence-electron chi connectivity index (χ3n) is 5.03. The molecule has 0 unspecified atom stereocenters. The number of nitrogens with zero attached hydrogens (tertiary/aromatic N) is 4. The summed E-state index contributed by atoms with van der Waals surface area (Å²) in [6, 6.07) is 15.3. The molecule has 1 aliphatic rings. The molecule has 1 atom stereocenters. The van der Waals surface area contributed by atoms with Crippen molar-refractivity contribution in [2.45, 2.75) is 24.9 Å². The van der Waals surface area contributed by atoms with E-state index >= 15 is 0 Å². The van der Waals surface area contributed by atoms with Crippen molar-refractivity contribution < 1.29 is 9.53 Å². The molecule has 7 nitrogen and oxygen atoms in total. The summed E-state index contributed by atoms with van der Waals surface area (Å²) in [4.78, 5) is 27.2. The lowest BCUT2D eigenvalue weighted by Gasteiger charge is -2.35. The van der Waals surface area contributed by atoms with Crippen molar-refractivity contribution in [2.75, 3.05) is 6.54 Å². The Balaban J connectivity index is 1.59. The zero-order chi connectivity index (χ0) is 19.4. The van der Waals surface area contributed by atoms with Gasteiger partial charge in [0, 0.05) is 25.1 Å². The maximum atomic E-state index is 12.5. The van der Waals surface area contributed by atoms with Crippen LogP contribution < -0.4 is 10.5 Å². The minimum absolute atomic E-state index is 0.292. The number of pyridine rings is 1. The quantitative estimate of drug-likeness (QED) is 0.712. The molecule has 0 spiro atoms. The SMILES string of the molecule is NC(=O)[C@@]1(c2ccccn2)CCCN1Cc1cccc(Oc2ncccn2)c1. The minimum Gasteiger partial charge on any atom is -0.424 e. The summed E-state index contributed by atoms with van der Waals surface area (Å²) >= 11 is 0. The van der Waals surface area contributed by atoms with Crippen LogP contribution >= 0.6 is 0 Å². The van der Waals surface area contributed by atoms with Crippen molar-refractivity contribution in [1.29, 1.82) is 0 Å². The number of carbonyl (C=O) groups excluding carboxylic acids is 1. The molecule has 3 aromatic rings. The van der Waals surface area contributed by atoms with Gasteiger partial charge in [0.05, 0.1) is 5.69 Å². The lowest BCUT2D eigenvalue weighted by Crippen LogP contribution is -2.51. The van der Waals surface area contributed by atoms with E-state index in [4.69, 9.17) is 10.5 Å². The molecule has 0 aliphatic carbocycles. The molecular formula is C21H21N5O2. The average molecular weight is 375 g/mol. The van der Waals surface area contributed by atoms with Crippen LogP contribution in [0.1, 0.15) is 24.1 Å². The molecule has 1 fully saturated rings. The Hall–Kier alpha value is -3.32. The van der Waals surface area contributed by atoms with Crippen LogP contribution in [-0.2, 0) is 16.9 Å². The first-order valence-electron chi connectivity index (χ1n) is 9.19. The predicted molar refractivity (Wildman–Crippen MR) is 103 cm³/mol. The largest absolute Gasteiger partial charge is 0.424 e. The van der Waals surface area contributed by atoms with Crippen LogP contribution in [0.15, 0.2) is 67.1 Å². The van der Waals surface area contributed by atoms with Gasteiger partial charge in [-0.25, -0.2) is 9.97 Å². The molecular weight excluding hydrogens is 354 g/mol. The van der Waals surface area contributed by atoms with Crippen LogP contribution in [0.5, 0.6) is 11.8 Å². The molecule has 1 aliphatic heterocycles. The number of rotatable bonds is 6. The second kappa shape index (κ2) is 7.74. The maximum absolute atomic E-state index is 12.5. The van der Waals surface area contributed by atoms with E-state index in [0.29, 0.717) is 30.4 Å². The summed E-state index contributed by atoms with van der Waals surface area (Å²) in [5.41, 5.74) is 6.70. The van der Waals surface area contributed by atoms with Gasteiger partial charge in [0.25, 0.3) is 0 Å². The first-order valence-corrected chi connectivity index (χ1v) is 9.19. The number of carbonyl (C=O) groups is 1. The van der Waals surface area contributed by atoms with Crippen LogP contribution in [0.25, 0.3) is 0 Å². The van der Waals surface area contributed by atoms with Crippen LogP contribution in [-0.4, -0.2) is 32.3 Å². The molecule has 2 N–H and O–H groups in total. The van der Waals surface area contributed by atoms with Crippen LogP contribution in [0, 0.1) is 0 Å². The van der Waals surface area contributed by atoms with Crippen molar-refractivity contribution >= 4 is 5.91 Å². The van der Waals surface area contributed by atoms with Gasteiger partial charge in [-0.15, -0.1) is 0 Å². The van der Waals surface area contributed by atoms with E-state index < -0.39 is 5.54 Å². The number of ether oxygens (including phenoxy) is 1. The van der Waals surface area contributed by atoms with Gasteiger partial charge < -0.3 is 10.5 Å². The molecule has 1 amide bonds. The Kier molecular flexibility index (Phi) is 4.99. The molecule has 7 heteroatoms. The zero-order valence-electron chi connectivity index (χ0n) is 15.4. The molecule has 1 saturated heterocycles. The molecule has 4 rings (SSSR count). The Morgan fingerprint density at radius 3 is 2.64 bits per heavy atom. The minimum atomic E-state index is -0.888. The van der Waals surface area contributed by atoms with Crippen molar-refractivity contribution in [3.05, 3.63) is 78.4 Å². The van der Waals surface area contributed by atoms with E-state index in [1.807, 2.05) is 42.5 Å². The molecule has 0 saturated carbocycles. The van der Waals surface area contributed by atoms with Gasteiger partial charge in [0.2, 0.25) is 5.91 Å². The Morgan fingerprint density at radius 1 is 1.07 bits per heavy atom. The van der Waals surface area contributed by atoms with Gasteiger partial charge in [-0.2, -0.15) is 0 Å². The smallest absolute Gasteiger partial charge is 0.321 e. The highest BCUT2D eigenvalue weighted by atomic mass is 16.5. The fraction of sp³-hybridized carbons (Fsp3) is 0.238. The molecule has 28 heavy (non-hydrogen) atoms. The Labute approximate surface area is 163 Å². The van der Waals surface area contributed by atoms with Gasteiger partial charge in [-0.1, -0.05) is 18.2 Å². The zero-order valence-corrected chi connectivity index (χ0v) is 15.4. The van der Waals surface area contributed by atoms with E-state index in [9.17, 15) is 4.79 Å². The third kappa shape index (κ3) is 3.44. The van der Waals surface area contributed by atoms with Gasteiger partial charge in [-0.3, -0.25) is 14.7 Å². The van der Waals surface area contributed by atoms with E-state index in [1.165, 1.54) is 0 Å². The van der Waals surface area contributed by atoms with Crippen LogP contribution in [0.4, 0.5) is 0 Å². The maximum Gasteiger partial charge on any atom is 0.321 e. The van der Waals surface area contributed by atoms with Crippen LogP contribution in [0.2, 0.25) is 0 Å². The molecule has 142 valence electrons. The van der Waals surface area contributed by atoms with E-state index in [2.05, 4.69) is 19.9 Å². The highest BCUT2D eigenvalue weighted by molar-refractivity contribution is 5.86. The number of likely N-dealkylation sites (tertiary alicyclic amines) is 1. The summed E-state index contributed by atoms with van der Waals surface area (Å²) in [6.45, 7) is 1.33. The second-order valence-corrected chi connectivity index (χ2v) is 6.75. The average Bonchev–Trinajstić information content (AvgIpc) is 3.14. The van der Waals surface area contributed by atoms with Crippen molar-refractivity contribution in [3.63, 3.8) is 0 Å². The second-order valence-electron chi connectivity index (χ2n) is 6.75. The van der Waals surface area contributed by atoms with Crippen molar-refractivity contribution in [1.82, 2.24) is 19.9 Å². The summed E-state index contributed by atoms with van der Waals surface area (Å²) < 4.78 is 5.72. The number of aromatic nitrogens is 3. The first kappa shape index (κ1) is 18.1. The summed E-state index contributed by atoms with van der Waals surface area (Å²) in [5.74, 6) is 0.277. The van der Waals surface area contributed by atoms with Gasteiger partial charge in [0.15, 0.2) is 0 Å². The van der Waals surface area contributed by atoms with Gasteiger partial charge in [0.1, 0.15) is 11.3 Å². The van der Waals surface area contributed by atoms with E-state index in [-0.39, 0.29) is 5.91 Å². The fourth-order valence-corrected chi connectivity index (χ4v) is 3.76. The Morgan fingerprint density at radius 2 is 1.89 bits per heavy atom. The number of primary amides is 1. The number of benzene rings is 1. The lowest BCUT2D eigenvalue weighted by atomic mass is 9.90. The number of nitrogens with two attached hydrogens (primary N) is 1. The number of hydrogen-bond donors (Lipinski definition) is 1. The lowest BCUT2D eigenvalue weighted by molar-refractivity contribution is -0.129. The summed E-state index contributed by atoms with van der Waals surface area (Å²) in [5, 5.41) is 0. The molecule has 0 radical (unpaired) electrons. The molecule has 2 aromatic heterocycles. The standard InChI is InChI=1S/C21H21N5O2/c22-19(27)21(18-8-1-2-10-23-18)9-4-13-26(21)15-16-6-3-7-17(14-16)28-20-24-11-5-12-25-20/h1-3,5-8,10-12,14H,4,9,13,15H2,(H2,22,27)/t21-/m0/s1. The molecule has 1 aromatic carbocycles. The highest BCUT2D eigenvalue weighted by Crippen LogP contribution is 2.39. The fourth-order valence-electron chi connectivity index (χ4n) is 3.76. The van der Waals surface area contributed by atoms with Gasteiger partial charge >= 0.3 is 6.01 Å².